The number of benzene rings is 2. The molecule has 0 bridgehead atoms. The predicted molar refractivity (Wildman–Crippen MR) is 97.7 cm³/mol. The highest BCUT2D eigenvalue weighted by atomic mass is 35.5. The van der Waals surface area contributed by atoms with Gasteiger partial charge in [-0.25, -0.2) is 4.39 Å². The lowest BCUT2D eigenvalue weighted by Crippen LogP contribution is -2.31. The van der Waals surface area contributed by atoms with E-state index in [1.165, 1.54) is 35.0 Å². The van der Waals surface area contributed by atoms with E-state index in [1.54, 1.807) is 0 Å². The van der Waals surface area contributed by atoms with Crippen LogP contribution in [-0.4, -0.2) is 21.7 Å². The molecular weight excluding hydrogens is 414 g/mol. The Kier molecular flexibility index (Phi) is 5.50. The fraction of sp³-hybridized carbons (Fsp3) is 0.158. The van der Waals surface area contributed by atoms with Crippen LogP contribution < -0.4 is 5.32 Å². The summed E-state index contributed by atoms with van der Waals surface area (Å²) in [7, 11) is 0. The standard InChI is InChI=1S/C19H12ClF4N3O2/c20-15-8-27(16-4-2-11(21)5-13(15)16)9-17(28)18(29)26-12-3-1-10(7-25)14(6-12)19(22,23)24/h1-6,8,17,28H,9H2,(H,26,29)/t17-/m0/s1. The first-order valence-electron chi connectivity index (χ1n) is 8.14. The number of halogens is 5. The van der Waals surface area contributed by atoms with Gasteiger partial charge in [0.15, 0.2) is 6.10 Å². The highest BCUT2D eigenvalue weighted by molar-refractivity contribution is 6.35. The zero-order valence-electron chi connectivity index (χ0n) is 14.5. The van der Waals surface area contributed by atoms with Crippen molar-refractivity contribution in [1.29, 1.82) is 5.26 Å². The minimum absolute atomic E-state index is 0.217. The average molecular weight is 426 g/mol. The van der Waals surface area contributed by atoms with Crippen molar-refractivity contribution in [3.8, 4) is 6.07 Å². The number of hydrogen-bond acceptors (Lipinski definition) is 3. The summed E-state index contributed by atoms with van der Waals surface area (Å²) in [6.45, 7) is -0.261. The van der Waals surface area contributed by atoms with Gasteiger partial charge in [0.25, 0.3) is 5.91 Å². The number of fused-ring (bicyclic) bond motifs is 1. The van der Waals surface area contributed by atoms with Gasteiger partial charge in [-0.15, -0.1) is 0 Å². The molecule has 1 amide bonds. The van der Waals surface area contributed by atoms with Crippen LogP contribution in [0.15, 0.2) is 42.6 Å². The zero-order chi connectivity index (χ0) is 21.3. The van der Waals surface area contributed by atoms with E-state index in [0.717, 1.165) is 12.1 Å². The highest BCUT2D eigenvalue weighted by Crippen LogP contribution is 2.33. The van der Waals surface area contributed by atoms with Gasteiger partial charge < -0.3 is 15.0 Å². The Labute approximate surface area is 166 Å². The van der Waals surface area contributed by atoms with Gasteiger partial charge in [0, 0.05) is 22.8 Å². The predicted octanol–water partition coefficient (Wildman–Crippen LogP) is 4.32. The maximum absolute atomic E-state index is 13.3. The quantitative estimate of drug-likeness (QED) is 0.611. The molecule has 0 aliphatic rings. The van der Waals surface area contributed by atoms with Crippen molar-refractivity contribution < 1.29 is 27.5 Å². The van der Waals surface area contributed by atoms with Crippen molar-refractivity contribution in [2.24, 2.45) is 0 Å². The molecule has 0 aliphatic carbocycles. The first-order chi connectivity index (χ1) is 13.6. The second-order valence-corrected chi connectivity index (χ2v) is 6.57. The van der Waals surface area contributed by atoms with Crippen LogP contribution in [0.2, 0.25) is 5.02 Å². The van der Waals surface area contributed by atoms with Crippen LogP contribution in [0.5, 0.6) is 0 Å². The number of rotatable bonds is 4. The molecule has 3 rings (SSSR count). The van der Waals surface area contributed by atoms with Gasteiger partial charge in [0.05, 0.1) is 28.8 Å². The second kappa shape index (κ2) is 7.73. The van der Waals surface area contributed by atoms with Crippen LogP contribution in [0, 0.1) is 17.1 Å². The van der Waals surface area contributed by atoms with Crippen molar-refractivity contribution in [3.05, 3.63) is 64.6 Å². The summed E-state index contributed by atoms with van der Waals surface area (Å²) in [6.07, 6.45) is -5.00. The number of amides is 1. The molecular formula is C19H12ClF4N3O2. The van der Waals surface area contributed by atoms with Crippen LogP contribution >= 0.6 is 11.6 Å². The molecule has 29 heavy (non-hydrogen) atoms. The first-order valence-corrected chi connectivity index (χ1v) is 8.52. The summed E-state index contributed by atoms with van der Waals surface area (Å²) in [5.41, 5.74) is -1.53. The minimum atomic E-state index is -4.78. The zero-order valence-corrected chi connectivity index (χ0v) is 15.2. The van der Waals surface area contributed by atoms with Gasteiger partial charge in [0.1, 0.15) is 5.82 Å². The lowest BCUT2D eigenvalue weighted by molar-refractivity contribution is -0.137. The fourth-order valence-electron chi connectivity index (χ4n) is 2.83. The van der Waals surface area contributed by atoms with Crippen molar-refractivity contribution >= 4 is 34.1 Å². The smallest absolute Gasteiger partial charge is 0.381 e. The fourth-order valence-corrected chi connectivity index (χ4v) is 3.09. The van der Waals surface area contributed by atoms with Gasteiger partial charge >= 0.3 is 6.18 Å². The molecule has 5 nitrogen and oxygen atoms in total. The molecule has 1 heterocycles. The van der Waals surface area contributed by atoms with Gasteiger partial charge in [-0.05, 0) is 36.4 Å². The van der Waals surface area contributed by atoms with Gasteiger partial charge in [-0.3, -0.25) is 4.79 Å². The molecule has 0 aliphatic heterocycles. The van der Waals surface area contributed by atoms with Gasteiger partial charge in [-0.2, -0.15) is 18.4 Å². The number of aliphatic hydroxyl groups is 1. The van der Waals surface area contributed by atoms with E-state index in [9.17, 15) is 27.5 Å². The lowest BCUT2D eigenvalue weighted by Gasteiger charge is -2.15. The maximum Gasteiger partial charge on any atom is 0.417 e. The van der Waals surface area contributed by atoms with E-state index >= 15 is 0 Å². The van der Waals surface area contributed by atoms with Crippen LogP contribution in [0.25, 0.3) is 10.9 Å². The van der Waals surface area contributed by atoms with Crippen molar-refractivity contribution in [2.45, 2.75) is 18.8 Å². The SMILES string of the molecule is N#Cc1ccc(NC(=O)[C@@H](O)Cn2cc(Cl)c3cc(F)ccc32)cc1C(F)(F)F. The number of aliphatic hydroxyl groups excluding tert-OH is 1. The van der Waals surface area contributed by atoms with Crippen molar-refractivity contribution in [1.82, 2.24) is 4.57 Å². The van der Waals surface area contributed by atoms with Crippen LogP contribution in [0.1, 0.15) is 11.1 Å². The molecule has 1 atom stereocenters. The lowest BCUT2D eigenvalue weighted by atomic mass is 10.1. The molecule has 0 unspecified atom stereocenters. The molecule has 0 fully saturated rings. The van der Waals surface area contributed by atoms with E-state index in [1.807, 2.05) is 0 Å². The highest BCUT2D eigenvalue weighted by Gasteiger charge is 2.34. The summed E-state index contributed by atoms with van der Waals surface area (Å²) in [6, 6.07) is 7.94. The third kappa shape index (κ3) is 4.34. The number of nitrogens with zero attached hydrogens (tertiary/aromatic N) is 2. The van der Waals surface area contributed by atoms with E-state index in [2.05, 4.69) is 5.32 Å². The molecule has 10 heteroatoms. The molecule has 0 radical (unpaired) electrons. The average Bonchev–Trinajstić information content (AvgIpc) is 2.95. The Hall–Kier alpha value is -3.09. The Balaban J connectivity index is 1.79. The minimum Gasteiger partial charge on any atom is -0.381 e. The van der Waals surface area contributed by atoms with Crippen LogP contribution in [0.3, 0.4) is 0 Å². The molecule has 2 N–H and O–H groups in total. The van der Waals surface area contributed by atoms with E-state index in [0.29, 0.717) is 17.0 Å². The Morgan fingerprint density at radius 1 is 1.28 bits per heavy atom. The Bertz CT molecular complexity index is 1130. The molecule has 0 spiro atoms. The third-order valence-electron chi connectivity index (χ3n) is 4.18. The monoisotopic (exact) mass is 425 g/mol. The molecule has 3 aromatic rings. The number of nitrogens with one attached hydrogen (secondary N) is 1. The van der Waals surface area contributed by atoms with Gasteiger partial charge in [0.2, 0.25) is 0 Å². The summed E-state index contributed by atoms with van der Waals surface area (Å²) in [5, 5.41) is 21.8. The van der Waals surface area contributed by atoms with Crippen molar-refractivity contribution in [2.75, 3.05) is 5.32 Å². The summed E-state index contributed by atoms with van der Waals surface area (Å²) in [4.78, 5) is 12.2. The van der Waals surface area contributed by atoms with Crippen LogP contribution in [-0.2, 0) is 17.5 Å². The van der Waals surface area contributed by atoms with E-state index in [-0.39, 0.29) is 17.3 Å². The normalized spacial score (nSPS) is 12.6. The van der Waals surface area contributed by atoms with E-state index < -0.39 is 35.1 Å². The summed E-state index contributed by atoms with van der Waals surface area (Å²) < 4.78 is 53.8. The number of carbonyl (C=O) groups excluding carboxylic acids is 1. The van der Waals surface area contributed by atoms with Gasteiger partial charge in [-0.1, -0.05) is 11.6 Å². The number of aromatic nitrogens is 1. The largest absolute Gasteiger partial charge is 0.417 e. The summed E-state index contributed by atoms with van der Waals surface area (Å²) >= 11 is 6.03. The molecule has 0 saturated carbocycles. The number of hydrogen-bond donors (Lipinski definition) is 2. The molecule has 2 aromatic carbocycles. The maximum atomic E-state index is 13.3. The number of alkyl halides is 3. The third-order valence-corrected chi connectivity index (χ3v) is 4.48. The molecule has 0 saturated heterocycles. The Morgan fingerprint density at radius 2 is 2.00 bits per heavy atom. The van der Waals surface area contributed by atoms with E-state index in [4.69, 9.17) is 16.9 Å². The Morgan fingerprint density at radius 3 is 2.66 bits per heavy atom. The number of carbonyl (C=O) groups is 1. The first kappa shape index (κ1) is 20.6. The topological polar surface area (TPSA) is 78.1 Å². The number of nitriles is 1. The molecule has 150 valence electrons. The van der Waals surface area contributed by atoms with Crippen LogP contribution in [0.4, 0.5) is 23.2 Å². The summed E-state index contributed by atoms with van der Waals surface area (Å²) in [5.74, 6) is -1.46. The number of anilines is 1. The molecule has 1 aromatic heterocycles. The second-order valence-electron chi connectivity index (χ2n) is 6.17. The van der Waals surface area contributed by atoms with Crippen molar-refractivity contribution in [3.63, 3.8) is 0 Å².